The van der Waals surface area contributed by atoms with Crippen molar-refractivity contribution in [2.24, 2.45) is 0 Å². The molecule has 164 valence electrons. The van der Waals surface area contributed by atoms with Gasteiger partial charge < -0.3 is 10.2 Å². The van der Waals surface area contributed by atoms with Crippen LogP contribution in [0, 0.1) is 5.82 Å². The second-order valence-electron chi connectivity index (χ2n) is 8.71. The second kappa shape index (κ2) is 8.79. The number of hydrogen-bond donors (Lipinski definition) is 1. The lowest BCUT2D eigenvalue weighted by atomic mass is 9.92. The molecule has 2 aliphatic rings. The van der Waals surface area contributed by atoms with Crippen molar-refractivity contribution < 1.29 is 14.0 Å². The number of nitrogens with zero attached hydrogens (tertiary/aromatic N) is 2. The maximum atomic E-state index is 14.8. The summed E-state index contributed by atoms with van der Waals surface area (Å²) in [6.45, 7) is 9.37. The van der Waals surface area contributed by atoms with E-state index < -0.39 is 5.82 Å². The lowest BCUT2D eigenvalue weighted by Crippen LogP contribution is -2.46. The normalized spacial score (nSPS) is 19.1. The first-order chi connectivity index (χ1) is 14.9. The second-order valence-corrected chi connectivity index (χ2v) is 8.71. The fourth-order valence-corrected chi connectivity index (χ4v) is 4.67. The van der Waals surface area contributed by atoms with Crippen LogP contribution in [0.4, 0.5) is 4.39 Å². The molecule has 2 aromatic carbocycles. The molecule has 2 amide bonds. The molecule has 0 spiro atoms. The average molecular weight is 424 g/mol. The van der Waals surface area contributed by atoms with Gasteiger partial charge in [0.2, 0.25) is 0 Å². The summed E-state index contributed by atoms with van der Waals surface area (Å²) < 4.78 is 14.8. The zero-order valence-corrected chi connectivity index (χ0v) is 18.5. The van der Waals surface area contributed by atoms with E-state index in [4.69, 9.17) is 0 Å². The number of likely N-dealkylation sites (tertiary alicyclic amines) is 1. The van der Waals surface area contributed by atoms with E-state index in [1.807, 2.05) is 24.0 Å². The molecule has 1 atom stereocenters. The number of amides is 2. The molecule has 0 radical (unpaired) electrons. The smallest absolute Gasteiger partial charge is 0.254 e. The largest absolute Gasteiger partial charge is 0.352 e. The predicted octanol–water partition coefficient (Wildman–Crippen LogP) is 3.72. The van der Waals surface area contributed by atoms with Gasteiger partial charge in [0.25, 0.3) is 11.8 Å². The van der Waals surface area contributed by atoms with Crippen molar-refractivity contribution in [1.82, 2.24) is 15.1 Å². The van der Waals surface area contributed by atoms with E-state index in [-0.39, 0.29) is 17.9 Å². The van der Waals surface area contributed by atoms with E-state index in [0.29, 0.717) is 30.3 Å². The molecule has 5 nitrogen and oxygen atoms in total. The summed E-state index contributed by atoms with van der Waals surface area (Å²) in [6, 6.07) is 10.9. The molecule has 4 rings (SSSR count). The molecule has 0 unspecified atom stereocenters. The van der Waals surface area contributed by atoms with E-state index in [2.05, 4.69) is 24.1 Å². The van der Waals surface area contributed by atoms with Gasteiger partial charge in [0.15, 0.2) is 0 Å². The average Bonchev–Trinajstić information content (AvgIpc) is 3.24. The van der Waals surface area contributed by atoms with Gasteiger partial charge in [-0.25, -0.2) is 4.39 Å². The number of hydrogen-bond acceptors (Lipinski definition) is 3. The maximum absolute atomic E-state index is 14.8. The van der Waals surface area contributed by atoms with Crippen LogP contribution < -0.4 is 5.32 Å². The Morgan fingerprint density at radius 1 is 1.16 bits per heavy atom. The highest BCUT2D eigenvalue weighted by Gasteiger charge is 2.34. The van der Waals surface area contributed by atoms with Crippen LogP contribution in [0.15, 0.2) is 36.4 Å². The highest BCUT2D eigenvalue weighted by molar-refractivity contribution is 5.98. The molecule has 2 heterocycles. The van der Waals surface area contributed by atoms with Crippen LogP contribution in [0.25, 0.3) is 11.1 Å². The fourth-order valence-electron chi connectivity index (χ4n) is 4.67. The Bertz CT molecular complexity index is 1000. The number of halogens is 1. The summed E-state index contributed by atoms with van der Waals surface area (Å²) in [6.07, 6.45) is 1.78. The van der Waals surface area contributed by atoms with Crippen molar-refractivity contribution in [3.05, 3.63) is 58.9 Å². The summed E-state index contributed by atoms with van der Waals surface area (Å²) in [4.78, 5) is 29.6. The fraction of sp³-hybridized carbons (Fsp3) is 0.440. The van der Waals surface area contributed by atoms with Gasteiger partial charge in [-0.05, 0) is 62.9 Å². The summed E-state index contributed by atoms with van der Waals surface area (Å²) >= 11 is 0. The van der Waals surface area contributed by atoms with Gasteiger partial charge in [0.1, 0.15) is 5.82 Å². The van der Waals surface area contributed by atoms with Crippen molar-refractivity contribution in [2.45, 2.75) is 45.7 Å². The minimum absolute atomic E-state index is 0.0791. The first-order valence-electron chi connectivity index (χ1n) is 11.1. The van der Waals surface area contributed by atoms with Crippen LogP contribution >= 0.6 is 0 Å². The molecule has 0 aromatic heterocycles. The molecule has 2 aliphatic heterocycles. The van der Waals surface area contributed by atoms with Gasteiger partial charge in [-0.1, -0.05) is 18.2 Å². The molecule has 1 N–H and O–H groups in total. The monoisotopic (exact) mass is 423 g/mol. The molecule has 6 heteroatoms. The molecule has 0 saturated carbocycles. The zero-order chi connectivity index (χ0) is 22.1. The molecule has 0 bridgehead atoms. The first kappa shape index (κ1) is 21.5. The van der Waals surface area contributed by atoms with E-state index in [9.17, 15) is 14.0 Å². The van der Waals surface area contributed by atoms with E-state index in [1.54, 1.807) is 18.2 Å². The lowest BCUT2D eigenvalue weighted by Gasteiger charge is -2.34. The zero-order valence-electron chi connectivity index (χ0n) is 18.5. The Morgan fingerprint density at radius 3 is 2.61 bits per heavy atom. The number of nitrogens with one attached hydrogen (secondary N) is 1. The Balaban J connectivity index is 1.54. The summed E-state index contributed by atoms with van der Waals surface area (Å²) in [5.74, 6) is -0.644. The lowest BCUT2D eigenvalue weighted by molar-refractivity contribution is 0.0660. The van der Waals surface area contributed by atoms with Gasteiger partial charge >= 0.3 is 0 Å². The van der Waals surface area contributed by atoms with E-state index in [0.717, 1.165) is 42.6 Å². The highest BCUT2D eigenvalue weighted by atomic mass is 19.1. The van der Waals surface area contributed by atoms with Crippen molar-refractivity contribution in [3.63, 3.8) is 0 Å². The highest BCUT2D eigenvalue weighted by Crippen LogP contribution is 2.30. The van der Waals surface area contributed by atoms with Crippen molar-refractivity contribution in [2.75, 3.05) is 26.2 Å². The van der Waals surface area contributed by atoms with Crippen molar-refractivity contribution in [1.29, 1.82) is 0 Å². The van der Waals surface area contributed by atoms with E-state index >= 15 is 0 Å². The number of benzene rings is 2. The van der Waals surface area contributed by atoms with Crippen molar-refractivity contribution >= 4 is 11.8 Å². The molecule has 1 fully saturated rings. The molecular formula is C25H30FN3O2. The van der Waals surface area contributed by atoms with Crippen LogP contribution in [0.3, 0.4) is 0 Å². The Kier molecular flexibility index (Phi) is 6.10. The number of fused-ring (bicyclic) bond motifs is 1. The number of carbonyl (C=O) groups excluding carboxylic acids is 2. The minimum atomic E-state index is -0.438. The SMILES string of the molecule is CCNC(=O)c1ccc(-c2ccc3c(c2)CCN([C@@H]2CCN(C(C)C)C2)C3=O)c(F)c1. The van der Waals surface area contributed by atoms with Crippen LogP contribution in [0.5, 0.6) is 0 Å². The van der Waals surface area contributed by atoms with Crippen LogP contribution in [0.2, 0.25) is 0 Å². The van der Waals surface area contributed by atoms with E-state index in [1.165, 1.54) is 6.07 Å². The molecule has 31 heavy (non-hydrogen) atoms. The standard InChI is InChI=1S/C25H30FN3O2/c1-4-27-24(30)19-6-7-21(23(26)14-19)17-5-8-22-18(13-17)9-12-29(25(22)31)20-10-11-28(15-20)16(2)3/h5-8,13-14,16,20H,4,9-12,15H2,1-3H3,(H,27,30)/t20-/m1/s1. The Labute approximate surface area is 183 Å². The topological polar surface area (TPSA) is 52.7 Å². The molecular weight excluding hydrogens is 393 g/mol. The van der Waals surface area contributed by atoms with Crippen LogP contribution in [-0.2, 0) is 6.42 Å². The van der Waals surface area contributed by atoms with Gasteiger partial charge in [0, 0.05) is 55.0 Å². The summed E-state index contributed by atoms with van der Waals surface area (Å²) in [7, 11) is 0. The van der Waals surface area contributed by atoms with Crippen LogP contribution in [-0.4, -0.2) is 59.9 Å². The van der Waals surface area contributed by atoms with Gasteiger partial charge in [-0.3, -0.25) is 14.5 Å². The Morgan fingerprint density at radius 2 is 1.94 bits per heavy atom. The number of carbonyl (C=O) groups is 2. The molecule has 1 saturated heterocycles. The summed E-state index contributed by atoms with van der Waals surface area (Å²) in [5, 5.41) is 2.68. The Hall–Kier alpha value is -2.73. The third kappa shape index (κ3) is 4.22. The van der Waals surface area contributed by atoms with Gasteiger partial charge in [0.05, 0.1) is 0 Å². The maximum Gasteiger partial charge on any atom is 0.254 e. The summed E-state index contributed by atoms with van der Waals surface area (Å²) in [5.41, 5.74) is 3.15. The minimum Gasteiger partial charge on any atom is -0.352 e. The van der Waals surface area contributed by atoms with Crippen molar-refractivity contribution in [3.8, 4) is 11.1 Å². The van der Waals surface area contributed by atoms with Crippen LogP contribution in [0.1, 0.15) is 53.5 Å². The third-order valence-electron chi connectivity index (χ3n) is 6.46. The predicted molar refractivity (Wildman–Crippen MR) is 120 cm³/mol. The number of rotatable bonds is 5. The molecule has 2 aromatic rings. The van der Waals surface area contributed by atoms with Gasteiger partial charge in [-0.2, -0.15) is 0 Å². The quantitative estimate of drug-likeness (QED) is 0.798. The third-order valence-corrected chi connectivity index (χ3v) is 6.46. The molecule has 0 aliphatic carbocycles. The van der Waals surface area contributed by atoms with Gasteiger partial charge in [-0.15, -0.1) is 0 Å². The first-order valence-corrected chi connectivity index (χ1v) is 11.1.